The van der Waals surface area contributed by atoms with E-state index in [-0.39, 0.29) is 0 Å². The molecule has 0 unspecified atom stereocenters. The van der Waals surface area contributed by atoms with E-state index in [9.17, 15) is 0 Å². The second kappa shape index (κ2) is 7.47. The molecular formula is C18H18N4O. The van der Waals surface area contributed by atoms with E-state index < -0.39 is 0 Å². The quantitative estimate of drug-likeness (QED) is 0.708. The minimum Gasteiger partial charge on any atom is -0.383 e. The van der Waals surface area contributed by atoms with Gasteiger partial charge < -0.3 is 10.1 Å². The molecular weight excluding hydrogens is 288 g/mol. The van der Waals surface area contributed by atoms with Crippen molar-refractivity contribution in [2.75, 3.05) is 25.6 Å². The van der Waals surface area contributed by atoms with Crippen LogP contribution in [0.1, 0.15) is 0 Å². The molecule has 116 valence electrons. The predicted octanol–water partition coefficient (Wildman–Crippen LogP) is 3.26. The Morgan fingerprint density at radius 3 is 2.52 bits per heavy atom. The summed E-state index contributed by atoms with van der Waals surface area (Å²) in [5.74, 6) is 1.36. The Hall–Kier alpha value is -2.79. The van der Waals surface area contributed by atoms with Crippen molar-refractivity contribution in [2.45, 2.75) is 0 Å². The highest BCUT2D eigenvalue weighted by Gasteiger charge is 2.09. The molecule has 0 fully saturated rings. The molecule has 1 aromatic carbocycles. The van der Waals surface area contributed by atoms with E-state index in [1.165, 1.54) is 0 Å². The van der Waals surface area contributed by atoms with Gasteiger partial charge in [0.25, 0.3) is 0 Å². The average Bonchev–Trinajstić information content (AvgIpc) is 2.63. The Morgan fingerprint density at radius 1 is 0.957 bits per heavy atom. The maximum absolute atomic E-state index is 5.08. The molecule has 0 saturated carbocycles. The number of nitrogens with one attached hydrogen (secondary N) is 1. The number of aromatic nitrogens is 3. The van der Waals surface area contributed by atoms with Crippen molar-refractivity contribution in [1.29, 1.82) is 0 Å². The molecule has 0 aliphatic carbocycles. The SMILES string of the molecule is COCCNc1cc(-c2ccccc2)nc(-c2ccccn2)n1. The normalized spacial score (nSPS) is 10.5. The summed E-state index contributed by atoms with van der Waals surface area (Å²) >= 11 is 0. The van der Waals surface area contributed by atoms with Gasteiger partial charge in [-0.25, -0.2) is 9.97 Å². The van der Waals surface area contributed by atoms with E-state index in [0.717, 1.165) is 22.8 Å². The van der Waals surface area contributed by atoms with Crippen LogP contribution >= 0.6 is 0 Å². The number of methoxy groups -OCH3 is 1. The molecule has 0 aliphatic rings. The fourth-order valence-electron chi connectivity index (χ4n) is 2.19. The first-order valence-electron chi connectivity index (χ1n) is 7.45. The fraction of sp³-hybridized carbons (Fsp3) is 0.167. The molecule has 1 N–H and O–H groups in total. The lowest BCUT2D eigenvalue weighted by molar-refractivity contribution is 0.210. The van der Waals surface area contributed by atoms with Crippen molar-refractivity contribution in [2.24, 2.45) is 0 Å². The van der Waals surface area contributed by atoms with Crippen LogP contribution in [0.4, 0.5) is 5.82 Å². The van der Waals surface area contributed by atoms with Gasteiger partial charge in [0, 0.05) is 31.5 Å². The molecule has 0 radical (unpaired) electrons. The molecule has 0 aliphatic heterocycles. The van der Waals surface area contributed by atoms with E-state index in [1.54, 1.807) is 13.3 Å². The number of hydrogen-bond acceptors (Lipinski definition) is 5. The van der Waals surface area contributed by atoms with Crippen LogP contribution in [-0.2, 0) is 4.74 Å². The Balaban J connectivity index is 2.00. The lowest BCUT2D eigenvalue weighted by Crippen LogP contribution is -2.10. The maximum Gasteiger partial charge on any atom is 0.180 e. The van der Waals surface area contributed by atoms with Crippen LogP contribution in [0, 0.1) is 0 Å². The molecule has 3 aromatic rings. The van der Waals surface area contributed by atoms with Gasteiger partial charge in [-0.15, -0.1) is 0 Å². The third kappa shape index (κ3) is 3.90. The summed E-state index contributed by atoms with van der Waals surface area (Å²) in [6.07, 6.45) is 1.74. The number of rotatable bonds is 6. The molecule has 0 atom stereocenters. The fourth-order valence-corrected chi connectivity index (χ4v) is 2.19. The van der Waals surface area contributed by atoms with E-state index in [4.69, 9.17) is 4.74 Å². The third-order valence-electron chi connectivity index (χ3n) is 3.30. The van der Waals surface area contributed by atoms with Gasteiger partial charge in [0.1, 0.15) is 11.5 Å². The van der Waals surface area contributed by atoms with Crippen molar-refractivity contribution in [3.8, 4) is 22.8 Å². The Morgan fingerprint density at radius 2 is 1.78 bits per heavy atom. The number of ether oxygens (including phenoxy) is 1. The summed E-state index contributed by atoms with van der Waals surface area (Å²) in [6, 6.07) is 17.7. The number of anilines is 1. The van der Waals surface area contributed by atoms with Crippen molar-refractivity contribution < 1.29 is 4.74 Å². The van der Waals surface area contributed by atoms with Crippen LogP contribution in [0.5, 0.6) is 0 Å². The number of nitrogens with zero attached hydrogens (tertiary/aromatic N) is 3. The van der Waals surface area contributed by atoms with Crippen molar-refractivity contribution in [3.63, 3.8) is 0 Å². The van der Waals surface area contributed by atoms with Crippen LogP contribution in [0.3, 0.4) is 0 Å². The van der Waals surface area contributed by atoms with Crippen molar-refractivity contribution >= 4 is 5.82 Å². The number of benzene rings is 1. The third-order valence-corrected chi connectivity index (χ3v) is 3.30. The second-order valence-corrected chi connectivity index (χ2v) is 4.96. The molecule has 0 spiro atoms. The Bertz CT molecular complexity index is 690. The highest BCUT2D eigenvalue weighted by Crippen LogP contribution is 2.23. The predicted molar refractivity (Wildman–Crippen MR) is 91.1 cm³/mol. The summed E-state index contributed by atoms with van der Waals surface area (Å²) in [5, 5.41) is 3.26. The van der Waals surface area contributed by atoms with Crippen LogP contribution in [-0.4, -0.2) is 35.2 Å². The first-order chi connectivity index (χ1) is 11.4. The first kappa shape index (κ1) is 15.1. The van der Waals surface area contributed by atoms with Crippen molar-refractivity contribution in [3.05, 3.63) is 60.8 Å². The average molecular weight is 306 g/mol. The molecule has 0 bridgehead atoms. The largest absolute Gasteiger partial charge is 0.383 e. The van der Waals surface area contributed by atoms with Gasteiger partial charge in [-0.1, -0.05) is 36.4 Å². The summed E-state index contributed by atoms with van der Waals surface area (Å²) in [4.78, 5) is 13.6. The zero-order valence-corrected chi connectivity index (χ0v) is 12.9. The molecule has 5 nitrogen and oxygen atoms in total. The zero-order chi connectivity index (χ0) is 15.9. The minimum atomic E-state index is 0.604. The van der Waals surface area contributed by atoms with Gasteiger partial charge in [-0.3, -0.25) is 4.98 Å². The summed E-state index contributed by atoms with van der Waals surface area (Å²) in [7, 11) is 1.68. The summed E-state index contributed by atoms with van der Waals surface area (Å²) < 4.78 is 5.08. The van der Waals surface area contributed by atoms with Gasteiger partial charge in [0.05, 0.1) is 12.3 Å². The van der Waals surface area contributed by atoms with Crippen LogP contribution in [0.2, 0.25) is 0 Å². The molecule has 3 rings (SSSR count). The monoisotopic (exact) mass is 306 g/mol. The molecule has 2 heterocycles. The highest BCUT2D eigenvalue weighted by molar-refractivity contribution is 5.66. The first-order valence-corrected chi connectivity index (χ1v) is 7.45. The Kier molecular flexibility index (Phi) is 4.91. The lowest BCUT2D eigenvalue weighted by Gasteiger charge is -2.10. The molecule has 0 amide bonds. The zero-order valence-electron chi connectivity index (χ0n) is 12.9. The van der Waals surface area contributed by atoms with Gasteiger partial charge in [0.2, 0.25) is 0 Å². The van der Waals surface area contributed by atoms with Gasteiger partial charge >= 0.3 is 0 Å². The molecule has 0 saturated heterocycles. The number of pyridine rings is 1. The van der Waals surface area contributed by atoms with E-state index >= 15 is 0 Å². The highest BCUT2D eigenvalue weighted by atomic mass is 16.5. The minimum absolute atomic E-state index is 0.604. The standard InChI is InChI=1S/C18H18N4O/c1-23-12-11-20-17-13-16(14-7-3-2-4-8-14)21-18(22-17)15-9-5-6-10-19-15/h2-10,13H,11-12H2,1H3,(H,20,21,22). The second-order valence-electron chi connectivity index (χ2n) is 4.96. The lowest BCUT2D eigenvalue weighted by atomic mass is 10.1. The smallest absolute Gasteiger partial charge is 0.180 e. The van der Waals surface area contributed by atoms with Gasteiger partial charge in [-0.2, -0.15) is 0 Å². The van der Waals surface area contributed by atoms with Crippen LogP contribution < -0.4 is 5.32 Å². The van der Waals surface area contributed by atoms with E-state index in [0.29, 0.717) is 19.0 Å². The molecule has 5 heteroatoms. The molecule has 23 heavy (non-hydrogen) atoms. The van der Waals surface area contributed by atoms with E-state index in [1.807, 2.05) is 54.6 Å². The van der Waals surface area contributed by atoms with Crippen molar-refractivity contribution in [1.82, 2.24) is 15.0 Å². The van der Waals surface area contributed by atoms with E-state index in [2.05, 4.69) is 20.3 Å². The van der Waals surface area contributed by atoms with Gasteiger partial charge in [-0.05, 0) is 12.1 Å². The topological polar surface area (TPSA) is 59.9 Å². The summed E-state index contributed by atoms with van der Waals surface area (Å²) in [6.45, 7) is 1.30. The summed E-state index contributed by atoms with van der Waals surface area (Å²) in [5.41, 5.74) is 2.66. The van der Waals surface area contributed by atoms with Gasteiger partial charge in [0.15, 0.2) is 5.82 Å². The number of hydrogen-bond donors (Lipinski definition) is 1. The van der Waals surface area contributed by atoms with Crippen LogP contribution in [0.15, 0.2) is 60.8 Å². The Labute approximate surface area is 135 Å². The molecule has 2 aromatic heterocycles. The van der Waals surface area contributed by atoms with Crippen LogP contribution in [0.25, 0.3) is 22.8 Å². The maximum atomic E-state index is 5.08.